The number of methoxy groups -OCH3 is 3. The van der Waals surface area contributed by atoms with E-state index >= 15 is 0 Å². The Bertz CT molecular complexity index is 1000. The van der Waals surface area contributed by atoms with Crippen LogP contribution in [0, 0.1) is 0 Å². The minimum absolute atomic E-state index is 0.185. The van der Waals surface area contributed by atoms with Crippen molar-refractivity contribution in [2.45, 2.75) is 13.0 Å². The van der Waals surface area contributed by atoms with Crippen LogP contribution in [0.1, 0.15) is 21.5 Å². The lowest BCUT2D eigenvalue weighted by atomic mass is 10.1. The van der Waals surface area contributed by atoms with Gasteiger partial charge in [0.25, 0.3) is 5.91 Å². The molecule has 3 aromatic rings. The second-order valence-electron chi connectivity index (χ2n) is 6.82. The van der Waals surface area contributed by atoms with Gasteiger partial charge in [-0.1, -0.05) is 30.3 Å². The number of nitrogens with one attached hydrogen (secondary N) is 1. The van der Waals surface area contributed by atoms with Gasteiger partial charge in [-0.3, -0.25) is 4.79 Å². The van der Waals surface area contributed by atoms with Crippen LogP contribution >= 0.6 is 0 Å². The molecule has 3 rings (SSSR count). The summed E-state index contributed by atoms with van der Waals surface area (Å²) in [6.45, 7) is 0.877. The number of carbonyl (C=O) groups excluding carboxylic acids is 1. The molecule has 6 heteroatoms. The summed E-state index contributed by atoms with van der Waals surface area (Å²) in [7, 11) is 4.80. The van der Waals surface area contributed by atoms with Crippen LogP contribution in [-0.4, -0.2) is 33.8 Å². The van der Waals surface area contributed by atoms with Gasteiger partial charge in [-0.15, -0.1) is 0 Å². The second-order valence-corrected chi connectivity index (χ2v) is 6.82. The van der Waals surface area contributed by atoms with E-state index in [4.69, 9.17) is 18.9 Å². The largest absolute Gasteiger partial charge is 0.497 e. The zero-order chi connectivity index (χ0) is 22.1. The third-order valence-electron chi connectivity index (χ3n) is 4.83. The first-order valence-electron chi connectivity index (χ1n) is 9.98. The SMILES string of the molecule is COc1ccc(OC)c(CCNC(=O)c2ccc(OCc3ccccc3)c(OC)c2)c1. The first-order chi connectivity index (χ1) is 15.1. The van der Waals surface area contributed by atoms with E-state index in [1.807, 2.05) is 48.5 Å². The molecule has 0 aliphatic heterocycles. The van der Waals surface area contributed by atoms with Crippen molar-refractivity contribution in [3.05, 3.63) is 83.4 Å². The van der Waals surface area contributed by atoms with Crippen LogP contribution in [0.25, 0.3) is 0 Å². The van der Waals surface area contributed by atoms with Gasteiger partial charge in [0.2, 0.25) is 0 Å². The van der Waals surface area contributed by atoms with Crippen molar-refractivity contribution in [2.24, 2.45) is 0 Å². The Hall–Kier alpha value is -3.67. The number of ether oxygens (including phenoxy) is 4. The predicted octanol–water partition coefficient (Wildman–Crippen LogP) is 4.26. The zero-order valence-corrected chi connectivity index (χ0v) is 18.0. The highest BCUT2D eigenvalue weighted by molar-refractivity contribution is 5.94. The van der Waals surface area contributed by atoms with Gasteiger partial charge in [-0.05, 0) is 53.9 Å². The molecule has 0 heterocycles. The molecule has 0 spiro atoms. The van der Waals surface area contributed by atoms with Gasteiger partial charge in [0, 0.05) is 12.1 Å². The van der Waals surface area contributed by atoms with Crippen LogP contribution in [0.4, 0.5) is 0 Å². The predicted molar refractivity (Wildman–Crippen MR) is 119 cm³/mol. The van der Waals surface area contributed by atoms with Gasteiger partial charge in [0.15, 0.2) is 11.5 Å². The molecule has 0 fully saturated rings. The quantitative estimate of drug-likeness (QED) is 0.530. The molecule has 162 valence electrons. The third-order valence-corrected chi connectivity index (χ3v) is 4.83. The van der Waals surface area contributed by atoms with Gasteiger partial charge in [0.1, 0.15) is 18.1 Å². The second kappa shape index (κ2) is 10.9. The molecule has 0 aliphatic rings. The standard InChI is InChI=1S/C25H27NO5/c1-28-21-10-12-22(29-2)19(15-21)13-14-26-25(27)20-9-11-23(24(16-20)30-3)31-17-18-7-5-4-6-8-18/h4-12,15-16H,13-14,17H2,1-3H3,(H,26,27). The Morgan fingerprint density at radius 3 is 2.26 bits per heavy atom. The smallest absolute Gasteiger partial charge is 0.251 e. The summed E-state index contributed by atoms with van der Waals surface area (Å²) in [6.07, 6.45) is 0.613. The maximum absolute atomic E-state index is 12.6. The number of hydrogen-bond acceptors (Lipinski definition) is 5. The third kappa shape index (κ3) is 5.92. The monoisotopic (exact) mass is 421 g/mol. The molecule has 31 heavy (non-hydrogen) atoms. The Morgan fingerprint density at radius 2 is 1.55 bits per heavy atom. The molecule has 0 atom stereocenters. The van der Waals surface area contributed by atoms with Crippen LogP contribution in [0.15, 0.2) is 66.7 Å². The van der Waals surface area contributed by atoms with Crippen LogP contribution in [-0.2, 0) is 13.0 Å². The lowest BCUT2D eigenvalue weighted by Crippen LogP contribution is -2.25. The average molecular weight is 421 g/mol. The van der Waals surface area contributed by atoms with Crippen molar-refractivity contribution >= 4 is 5.91 Å². The zero-order valence-electron chi connectivity index (χ0n) is 18.0. The summed E-state index contributed by atoms with van der Waals surface area (Å²) < 4.78 is 21.9. The summed E-state index contributed by atoms with van der Waals surface area (Å²) in [5.74, 6) is 2.42. The summed E-state index contributed by atoms with van der Waals surface area (Å²) in [5, 5.41) is 2.93. The summed E-state index contributed by atoms with van der Waals surface area (Å²) in [4.78, 5) is 12.6. The summed E-state index contributed by atoms with van der Waals surface area (Å²) in [6, 6.07) is 20.6. The van der Waals surface area contributed by atoms with E-state index in [9.17, 15) is 4.79 Å². The highest BCUT2D eigenvalue weighted by Gasteiger charge is 2.12. The minimum Gasteiger partial charge on any atom is -0.497 e. The number of amides is 1. The molecule has 0 bridgehead atoms. The summed E-state index contributed by atoms with van der Waals surface area (Å²) >= 11 is 0. The van der Waals surface area contributed by atoms with Crippen LogP contribution in [0.2, 0.25) is 0 Å². The first-order valence-corrected chi connectivity index (χ1v) is 9.98. The fourth-order valence-corrected chi connectivity index (χ4v) is 3.15. The summed E-state index contributed by atoms with van der Waals surface area (Å²) in [5.41, 5.74) is 2.52. The van der Waals surface area contributed by atoms with E-state index < -0.39 is 0 Å². The Balaban J connectivity index is 1.60. The van der Waals surface area contributed by atoms with Gasteiger partial charge in [-0.25, -0.2) is 0 Å². The van der Waals surface area contributed by atoms with Crippen molar-refractivity contribution in [2.75, 3.05) is 27.9 Å². The van der Waals surface area contributed by atoms with Crippen molar-refractivity contribution in [3.8, 4) is 23.0 Å². The minimum atomic E-state index is -0.185. The Labute approximate surface area is 182 Å². The van der Waals surface area contributed by atoms with Gasteiger partial charge >= 0.3 is 0 Å². The van der Waals surface area contributed by atoms with Crippen molar-refractivity contribution < 1.29 is 23.7 Å². The maximum atomic E-state index is 12.6. The van der Waals surface area contributed by atoms with Crippen LogP contribution < -0.4 is 24.3 Å². The number of hydrogen-bond donors (Lipinski definition) is 1. The van der Waals surface area contributed by atoms with E-state index in [0.29, 0.717) is 36.6 Å². The molecule has 0 aliphatic carbocycles. The van der Waals surface area contributed by atoms with Gasteiger partial charge < -0.3 is 24.3 Å². The highest BCUT2D eigenvalue weighted by Crippen LogP contribution is 2.29. The topological polar surface area (TPSA) is 66.0 Å². The van der Waals surface area contributed by atoms with E-state index in [1.54, 1.807) is 39.5 Å². The Kier molecular flexibility index (Phi) is 7.76. The first kappa shape index (κ1) is 22.0. The van der Waals surface area contributed by atoms with E-state index in [2.05, 4.69) is 5.32 Å². The molecule has 0 saturated carbocycles. The Morgan fingerprint density at radius 1 is 0.806 bits per heavy atom. The van der Waals surface area contributed by atoms with E-state index in [0.717, 1.165) is 22.6 Å². The van der Waals surface area contributed by atoms with Crippen molar-refractivity contribution in [3.63, 3.8) is 0 Å². The van der Waals surface area contributed by atoms with Crippen molar-refractivity contribution in [1.82, 2.24) is 5.32 Å². The highest BCUT2D eigenvalue weighted by atomic mass is 16.5. The molecular formula is C25H27NO5. The lowest BCUT2D eigenvalue weighted by Gasteiger charge is -2.13. The molecule has 0 unspecified atom stereocenters. The number of rotatable bonds is 10. The number of benzene rings is 3. The molecule has 0 aromatic heterocycles. The van der Waals surface area contributed by atoms with E-state index in [1.165, 1.54) is 0 Å². The fraction of sp³-hybridized carbons (Fsp3) is 0.240. The maximum Gasteiger partial charge on any atom is 0.251 e. The van der Waals surface area contributed by atoms with Gasteiger partial charge in [0.05, 0.1) is 21.3 Å². The molecule has 3 aromatic carbocycles. The van der Waals surface area contributed by atoms with Crippen LogP contribution in [0.3, 0.4) is 0 Å². The molecule has 6 nitrogen and oxygen atoms in total. The molecular weight excluding hydrogens is 394 g/mol. The molecule has 1 N–H and O–H groups in total. The molecule has 1 amide bonds. The van der Waals surface area contributed by atoms with Gasteiger partial charge in [-0.2, -0.15) is 0 Å². The normalized spacial score (nSPS) is 10.3. The number of carbonyl (C=O) groups is 1. The average Bonchev–Trinajstić information content (AvgIpc) is 2.83. The molecule has 0 radical (unpaired) electrons. The van der Waals surface area contributed by atoms with E-state index in [-0.39, 0.29) is 5.91 Å². The van der Waals surface area contributed by atoms with Crippen LogP contribution in [0.5, 0.6) is 23.0 Å². The molecule has 0 saturated heterocycles. The van der Waals surface area contributed by atoms with Crippen molar-refractivity contribution in [1.29, 1.82) is 0 Å². The fourth-order valence-electron chi connectivity index (χ4n) is 3.15. The lowest BCUT2D eigenvalue weighted by molar-refractivity contribution is 0.0953.